The summed E-state index contributed by atoms with van der Waals surface area (Å²) < 4.78 is 27.9. The number of sulfone groups is 1. The fourth-order valence-electron chi connectivity index (χ4n) is 2.20. The van der Waals surface area contributed by atoms with Crippen LogP contribution in [0.25, 0.3) is 0 Å². The highest BCUT2D eigenvalue weighted by Crippen LogP contribution is 2.30. The fraction of sp³-hybridized carbons (Fsp3) is 0.533. The summed E-state index contributed by atoms with van der Waals surface area (Å²) in [6, 6.07) is 6.36. The first-order valence-corrected chi connectivity index (χ1v) is 8.80. The molecule has 0 bridgehead atoms. The molecule has 1 aromatic rings. The first-order chi connectivity index (χ1) is 9.77. The van der Waals surface area contributed by atoms with Crippen molar-refractivity contribution in [2.75, 3.05) is 19.9 Å². The van der Waals surface area contributed by atoms with Crippen LogP contribution in [0.4, 0.5) is 0 Å². The number of nitrogens with one attached hydrogen (secondary N) is 1. The molecule has 0 spiro atoms. The minimum atomic E-state index is -3.24. The molecule has 0 heterocycles. The first-order valence-electron chi connectivity index (χ1n) is 6.91. The molecule has 0 aromatic heterocycles. The van der Waals surface area contributed by atoms with E-state index in [0.29, 0.717) is 11.5 Å². The lowest BCUT2D eigenvalue weighted by atomic mass is 9.92. The molecule has 1 aliphatic rings. The monoisotopic (exact) mass is 311 g/mol. The SMILES string of the molecule is COC(=O)C(C)(NCC1CC1)c1ccc(S(C)(=O)=O)cc1. The second kappa shape index (κ2) is 5.77. The van der Waals surface area contributed by atoms with Crippen LogP contribution < -0.4 is 5.32 Å². The molecule has 5 nitrogen and oxygen atoms in total. The lowest BCUT2D eigenvalue weighted by Crippen LogP contribution is -2.48. The molecule has 1 saturated carbocycles. The van der Waals surface area contributed by atoms with E-state index >= 15 is 0 Å². The van der Waals surface area contributed by atoms with Crippen LogP contribution in [0.15, 0.2) is 29.2 Å². The zero-order valence-corrected chi connectivity index (χ0v) is 13.4. The van der Waals surface area contributed by atoms with Gasteiger partial charge in [-0.15, -0.1) is 0 Å². The highest BCUT2D eigenvalue weighted by Gasteiger charge is 2.37. The van der Waals surface area contributed by atoms with E-state index in [9.17, 15) is 13.2 Å². The van der Waals surface area contributed by atoms with Crippen molar-refractivity contribution in [2.24, 2.45) is 5.92 Å². The number of methoxy groups -OCH3 is 1. The number of carbonyl (C=O) groups is 1. The molecular formula is C15H21NO4S. The molecule has 1 aliphatic carbocycles. The van der Waals surface area contributed by atoms with Gasteiger partial charge in [0, 0.05) is 6.26 Å². The van der Waals surface area contributed by atoms with Crippen molar-refractivity contribution >= 4 is 15.8 Å². The van der Waals surface area contributed by atoms with Gasteiger partial charge in [-0.1, -0.05) is 12.1 Å². The molecule has 0 radical (unpaired) electrons. The van der Waals surface area contributed by atoms with E-state index < -0.39 is 15.4 Å². The van der Waals surface area contributed by atoms with Crippen molar-refractivity contribution < 1.29 is 17.9 Å². The van der Waals surface area contributed by atoms with Crippen LogP contribution in [-0.4, -0.2) is 34.3 Å². The van der Waals surface area contributed by atoms with Crippen LogP contribution in [0.3, 0.4) is 0 Å². The number of hydrogen-bond acceptors (Lipinski definition) is 5. The normalized spacial score (nSPS) is 18.0. The minimum Gasteiger partial charge on any atom is -0.467 e. The van der Waals surface area contributed by atoms with E-state index in [1.807, 2.05) is 0 Å². The Bertz CT molecular complexity index is 620. The predicted octanol–water partition coefficient (Wildman–Crippen LogP) is 1.48. The van der Waals surface area contributed by atoms with Gasteiger partial charge in [-0.3, -0.25) is 5.32 Å². The van der Waals surface area contributed by atoms with Gasteiger partial charge in [0.05, 0.1) is 12.0 Å². The molecule has 1 atom stereocenters. The van der Waals surface area contributed by atoms with Gasteiger partial charge < -0.3 is 4.74 Å². The molecule has 1 aromatic carbocycles. The highest BCUT2D eigenvalue weighted by molar-refractivity contribution is 7.90. The predicted molar refractivity (Wildman–Crippen MR) is 79.6 cm³/mol. The number of carbonyl (C=O) groups excluding carboxylic acids is 1. The number of ether oxygens (including phenoxy) is 1. The van der Waals surface area contributed by atoms with Crippen molar-refractivity contribution in [3.8, 4) is 0 Å². The van der Waals surface area contributed by atoms with E-state index in [-0.39, 0.29) is 10.9 Å². The number of hydrogen-bond donors (Lipinski definition) is 1. The Morgan fingerprint density at radius 1 is 1.33 bits per heavy atom. The Hall–Kier alpha value is -1.40. The summed E-state index contributed by atoms with van der Waals surface area (Å²) in [4.78, 5) is 12.4. The summed E-state index contributed by atoms with van der Waals surface area (Å²) in [6.45, 7) is 2.51. The molecule has 21 heavy (non-hydrogen) atoms. The quantitative estimate of drug-likeness (QED) is 0.806. The van der Waals surface area contributed by atoms with Crippen molar-refractivity contribution in [2.45, 2.75) is 30.2 Å². The zero-order chi connectivity index (χ0) is 15.7. The van der Waals surface area contributed by atoms with E-state index in [1.165, 1.54) is 32.1 Å². The maximum Gasteiger partial charge on any atom is 0.330 e. The maximum atomic E-state index is 12.1. The Morgan fingerprint density at radius 3 is 2.33 bits per heavy atom. The number of benzene rings is 1. The second-order valence-corrected chi connectivity index (χ2v) is 7.75. The third-order valence-electron chi connectivity index (χ3n) is 3.89. The number of esters is 1. The van der Waals surface area contributed by atoms with Gasteiger partial charge in [0.1, 0.15) is 5.54 Å². The largest absolute Gasteiger partial charge is 0.467 e. The molecule has 0 saturated heterocycles. The molecule has 6 heteroatoms. The highest BCUT2D eigenvalue weighted by atomic mass is 32.2. The lowest BCUT2D eigenvalue weighted by Gasteiger charge is -2.28. The van der Waals surface area contributed by atoms with Gasteiger partial charge >= 0.3 is 5.97 Å². The Labute approximate surface area is 125 Å². The van der Waals surface area contributed by atoms with Gasteiger partial charge in [0.15, 0.2) is 9.84 Å². The summed E-state index contributed by atoms with van der Waals surface area (Å²) in [5.74, 6) is 0.236. The van der Waals surface area contributed by atoms with Gasteiger partial charge in [-0.25, -0.2) is 13.2 Å². The average Bonchev–Trinajstić information content (AvgIpc) is 3.27. The Morgan fingerprint density at radius 2 is 1.90 bits per heavy atom. The molecule has 1 fully saturated rings. The topological polar surface area (TPSA) is 72.5 Å². The Balaban J connectivity index is 2.29. The van der Waals surface area contributed by atoms with E-state index in [4.69, 9.17) is 4.74 Å². The van der Waals surface area contributed by atoms with Gasteiger partial charge in [0.2, 0.25) is 0 Å². The third-order valence-corrected chi connectivity index (χ3v) is 5.02. The van der Waals surface area contributed by atoms with Gasteiger partial charge in [0.25, 0.3) is 0 Å². The summed E-state index contributed by atoms with van der Waals surface area (Å²) >= 11 is 0. The van der Waals surface area contributed by atoms with Crippen molar-refractivity contribution in [1.82, 2.24) is 5.32 Å². The maximum absolute atomic E-state index is 12.1. The van der Waals surface area contributed by atoms with Gasteiger partial charge in [-0.2, -0.15) is 0 Å². The van der Waals surface area contributed by atoms with Crippen molar-refractivity contribution in [3.05, 3.63) is 29.8 Å². The first kappa shape index (κ1) is 16.0. The molecule has 2 rings (SSSR count). The Kier molecular flexibility index (Phi) is 4.39. The van der Waals surface area contributed by atoms with Gasteiger partial charge in [-0.05, 0) is 49.9 Å². The standard InChI is InChI=1S/C15H21NO4S/c1-15(14(17)20-2,16-10-11-4-5-11)12-6-8-13(9-7-12)21(3,18)19/h6-9,11,16H,4-5,10H2,1-3H3. The summed E-state index contributed by atoms with van der Waals surface area (Å²) in [6.07, 6.45) is 3.52. The lowest BCUT2D eigenvalue weighted by molar-refractivity contribution is -0.148. The average molecular weight is 311 g/mol. The second-order valence-electron chi connectivity index (χ2n) is 5.74. The molecule has 116 valence electrons. The number of rotatable bonds is 6. The molecule has 0 aliphatic heterocycles. The zero-order valence-electron chi connectivity index (χ0n) is 12.5. The van der Waals surface area contributed by atoms with Crippen LogP contribution in [0.2, 0.25) is 0 Å². The molecule has 1 unspecified atom stereocenters. The van der Waals surface area contributed by atoms with Crippen LogP contribution in [0.1, 0.15) is 25.3 Å². The van der Waals surface area contributed by atoms with Crippen molar-refractivity contribution in [3.63, 3.8) is 0 Å². The van der Waals surface area contributed by atoms with E-state index in [0.717, 1.165) is 12.8 Å². The van der Waals surface area contributed by atoms with Crippen LogP contribution in [0, 0.1) is 5.92 Å². The van der Waals surface area contributed by atoms with Crippen LogP contribution in [0.5, 0.6) is 0 Å². The van der Waals surface area contributed by atoms with Crippen LogP contribution in [-0.2, 0) is 24.9 Å². The third kappa shape index (κ3) is 3.63. The molecule has 1 N–H and O–H groups in total. The smallest absolute Gasteiger partial charge is 0.330 e. The van der Waals surface area contributed by atoms with E-state index in [1.54, 1.807) is 19.1 Å². The van der Waals surface area contributed by atoms with Crippen molar-refractivity contribution in [1.29, 1.82) is 0 Å². The summed E-state index contributed by atoms with van der Waals surface area (Å²) in [5, 5.41) is 3.26. The minimum absolute atomic E-state index is 0.237. The fourth-order valence-corrected chi connectivity index (χ4v) is 2.83. The van der Waals surface area contributed by atoms with Crippen LogP contribution >= 0.6 is 0 Å². The summed E-state index contributed by atoms with van der Waals surface area (Å²) in [7, 11) is -1.89. The summed E-state index contributed by atoms with van der Waals surface area (Å²) in [5.41, 5.74) is -0.268. The molecule has 0 amide bonds. The van der Waals surface area contributed by atoms with E-state index in [2.05, 4.69) is 5.32 Å². The molecular weight excluding hydrogens is 290 g/mol.